The Labute approximate surface area is 153 Å². The summed E-state index contributed by atoms with van der Waals surface area (Å²) in [4.78, 5) is 13.4. The van der Waals surface area contributed by atoms with E-state index in [0.717, 1.165) is 16.9 Å². The minimum Gasteiger partial charge on any atom is -0.508 e. The highest BCUT2D eigenvalue weighted by atomic mass is 16.5. The second-order valence-electron chi connectivity index (χ2n) is 5.89. The first-order chi connectivity index (χ1) is 12.5. The average molecular weight is 359 g/mol. The summed E-state index contributed by atoms with van der Waals surface area (Å²) < 4.78 is 15.7. The molecule has 26 heavy (non-hydrogen) atoms. The summed E-state index contributed by atoms with van der Waals surface area (Å²) in [7, 11) is 5.02. The Balaban J connectivity index is 2.28. The number of likely N-dealkylation sites (N-methyl/N-ethyl adjacent to an activating group) is 1. The third-order valence-corrected chi connectivity index (χ3v) is 3.94. The highest BCUT2D eigenvalue weighted by molar-refractivity contribution is 5.73. The Hall–Kier alpha value is -2.73. The second kappa shape index (κ2) is 9.10. The topological polar surface area (TPSA) is 68.2 Å². The fourth-order valence-corrected chi connectivity index (χ4v) is 2.69. The van der Waals surface area contributed by atoms with Crippen LogP contribution in [0, 0.1) is 0 Å². The Morgan fingerprint density at radius 2 is 1.88 bits per heavy atom. The number of hydrogen-bond acceptors (Lipinski definition) is 6. The molecule has 0 heterocycles. The maximum Gasteiger partial charge on any atom is 0.320 e. The number of aromatic hydroxyl groups is 1. The molecule has 2 aromatic carbocycles. The van der Waals surface area contributed by atoms with Gasteiger partial charge in [-0.15, -0.1) is 0 Å². The lowest BCUT2D eigenvalue weighted by Gasteiger charge is -2.18. The van der Waals surface area contributed by atoms with Gasteiger partial charge in [0.1, 0.15) is 17.2 Å². The SMILES string of the molecule is CCOC(=O)CN(C)Cc1cc(-c2cc(OC)ccc2OC)ccc1O. The van der Waals surface area contributed by atoms with E-state index in [4.69, 9.17) is 14.2 Å². The molecular formula is C20H25NO5. The van der Waals surface area contributed by atoms with Crippen LogP contribution in [0.4, 0.5) is 0 Å². The molecule has 0 atom stereocenters. The number of benzene rings is 2. The van der Waals surface area contributed by atoms with E-state index in [-0.39, 0.29) is 18.3 Å². The van der Waals surface area contributed by atoms with Crippen LogP contribution in [-0.4, -0.2) is 50.4 Å². The molecule has 0 aliphatic carbocycles. The minimum atomic E-state index is -0.292. The highest BCUT2D eigenvalue weighted by Gasteiger charge is 2.13. The largest absolute Gasteiger partial charge is 0.508 e. The van der Waals surface area contributed by atoms with Crippen LogP contribution in [0.25, 0.3) is 11.1 Å². The molecule has 2 aromatic rings. The molecule has 0 radical (unpaired) electrons. The van der Waals surface area contributed by atoms with E-state index >= 15 is 0 Å². The van der Waals surface area contributed by atoms with Crippen LogP contribution in [0.3, 0.4) is 0 Å². The first-order valence-electron chi connectivity index (χ1n) is 8.37. The van der Waals surface area contributed by atoms with Crippen LogP contribution in [0.15, 0.2) is 36.4 Å². The summed E-state index contributed by atoms with van der Waals surface area (Å²) in [6, 6.07) is 10.9. The van der Waals surface area contributed by atoms with Crippen LogP contribution in [-0.2, 0) is 16.1 Å². The van der Waals surface area contributed by atoms with Crippen LogP contribution >= 0.6 is 0 Å². The average Bonchev–Trinajstić information content (AvgIpc) is 2.63. The van der Waals surface area contributed by atoms with Gasteiger partial charge < -0.3 is 19.3 Å². The van der Waals surface area contributed by atoms with Crippen molar-refractivity contribution < 1.29 is 24.1 Å². The monoisotopic (exact) mass is 359 g/mol. The molecule has 0 saturated heterocycles. The molecule has 0 bridgehead atoms. The quantitative estimate of drug-likeness (QED) is 0.731. The lowest BCUT2D eigenvalue weighted by atomic mass is 10.0. The molecule has 0 aliphatic rings. The Bertz CT molecular complexity index is 760. The van der Waals surface area contributed by atoms with E-state index in [9.17, 15) is 9.90 Å². The lowest BCUT2D eigenvalue weighted by Crippen LogP contribution is -2.27. The van der Waals surface area contributed by atoms with Gasteiger partial charge in [0.2, 0.25) is 0 Å². The standard InChI is InChI=1S/C20H25NO5/c1-5-26-20(23)13-21(2)12-15-10-14(6-8-18(15)22)17-11-16(24-3)7-9-19(17)25-4/h6-11,22H,5,12-13H2,1-4H3. The van der Waals surface area contributed by atoms with E-state index in [1.807, 2.05) is 30.3 Å². The number of esters is 1. The number of phenolic OH excluding ortho intramolecular Hbond substituents is 1. The van der Waals surface area contributed by atoms with E-state index in [1.54, 1.807) is 39.2 Å². The molecule has 0 saturated carbocycles. The fourth-order valence-electron chi connectivity index (χ4n) is 2.69. The molecule has 1 N–H and O–H groups in total. The first kappa shape index (κ1) is 19.6. The van der Waals surface area contributed by atoms with Gasteiger partial charge in [-0.2, -0.15) is 0 Å². The number of carbonyl (C=O) groups excluding carboxylic acids is 1. The predicted octanol–water partition coefficient (Wildman–Crippen LogP) is 3.07. The Morgan fingerprint density at radius 3 is 2.54 bits per heavy atom. The van der Waals surface area contributed by atoms with Gasteiger partial charge in [-0.25, -0.2) is 0 Å². The summed E-state index contributed by atoms with van der Waals surface area (Å²) in [6.45, 7) is 2.68. The summed E-state index contributed by atoms with van der Waals surface area (Å²) >= 11 is 0. The highest BCUT2D eigenvalue weighted by Crippen LogP contribution is 2.35. The molecule has 0 amide bonds. The van der Waals surface area contributed by atoms with Gasteiger partial charge in [0.25, 0.3) is 0 Å². The van der Waals surface area contributed by atoms with E-state index < -0.39 is 0 Å². The summed E-state index contributed by atoms with van der Waals surface area (Å²) in [6.07, 6.45) is 0. The molecule has 6 nitrogen and oxygen atoms in total. The van der Waals surface area contributed by atoms with Gasteiger partial charge in [-0.3, -0.25) is 9.69 Å². The first-order valence-corrected chi connectivity index (χ1v) is 8.37. The van der Waals surface area contributed by atoms with Crippen molar-refractivity contribution >= 4 is 5.97 Å². The maximum atomic E-state index is 11.6. The van der Waals surface area contributed by atoms with E-state index in [0.29, 0.717) is 24.5 Å². The van der Waals surface area contributed by atoms with Crippen molar-refractivity contribution in [1.29, 1.82) is 0 Å². The smallest absolute Gasteiger partial charge is 0.320 e. The second-order valence-corrected chi connectivity index (χ2v) is 5.89. The predicted molar refractivity (Wildman–Crippen MR) is 99.6 cm³/mol. The minimum absolute atomic E-state index is 0.153. The van der Waals surface area contributed by atoms with Crippen molar-refractivity contribution in [2.24, 2.45) is 0 Å². The lowest BCUT2D eigenvalue weighted by molar-refractivity contribution is -0.144. The van der Waals surface area contributed by atoms with Crippen molar-refractivity contribution in [2.75, 3.05) is 34.4 Å². The zero-order chi connectivity index (χ0) is 19.1. The molecular weight excluding hydrogens is 334 g/mol. The van der Waals surface area contributed by atoms with Gasteiger partial charge in [0.15, 0.2) is 0 Å². The zero-order valence-electron chi connectivity index (χ0n) is 15.6. The molecule has 6 heteroatoms. The zero-order valence-corrected chi connectivity index (χ0v) is 15.6. The van der Waals surface area contributed by atoms with Crippen LogP contribution in [0.5, 0.6) is 17.2 Å². The van der Waals surface area contributed by atoms with Gasteiger partial charge in [0, 0.05) is 17.7 Å². The Kier molecular flexibility index (Phi) is 6.86. The third kappa shape index (κ3) is 4.89. The molecule has 2 rings (SSSR count). The number of rotatable bonds is 8. The normalized spacial score (nSPS) is 10.7. The number of hydrogen-bond donors (Lipinski definition) is 1. The van der Waals surface area contributed by atoms with Gasteiger partial charge in [0.05, 0.1) is 27.4 Å². The fraction of sp³-hybridized carbons (Fsp3) is 0.350. The van der Waals surface area contributed by atoms with Crippen molar-refractivity contribution in [1.82, 2.24) is 4.90 Å². The van der Waals surface area contributed by atoms with Crippen LogP contribution in [0.2, 0.25) is 0 Å². The van der Waals surface area contributed by atoms with Gasteiger partial charge in [-0.1, -0.05) is 6.07 Å². The third-order valence-electron chi connectivity index (χ3n) is 3.94. The number of phenols is 1. The van der Waals surface area contributed by atoms with E-state index in [2.05, 4.69) is 0 Å². The number of methoxy groups -OCH3 is 2. The van der Waals surface area contributed by atoms with Crippen molar-refractivity contribution in [3.05, 3.63) is 42.0 Å². The van der Waals surface area contributed by atoms with Crippen molar-refractivity contribution in [3.8, 4) is 28.4 Å². The number of ether oxygens (including phenoxy) is 3. The molecule has 0 spiro atoms. The summed E-state index contributed by atoms with van der Waals surface area (Å²) in [5.74, 6) is 1.31. The van der Waals surface area contributed by atoms with Gasteiger partial charge in [-0.05, 0) is 49.9 Å². The molecule has 0 fully saturated rings. The Morgan fingerprint density at radius 1 is 1.12 bits per heavy atom. The number of carbonyl (C=O) groups is 1. The number of nitrogens with zero attached hydrogens (tertiary/aromatic N) is 1. The maximum absolute atomic E-state index is 11.6. The van der Waals surface area contributed by atoms with Crippen LogP contribution < -0.4 is 9.47 Å². The van der Waals surface area contributed by atoms with Gasteiger partial charge >= 0.3 is 5.97 Å². The molecule has 140 valence electrons. The molecule has 0 unspecified atom stereocenters. The summed E-state index contributed by atoms with van der Waals surface area (Å²) in [5, 5.41) is 10.2. The van der Waals surface area contributed by atoms with Crippen molar-refractivity contribution in [3.63, 3.8) is 0 Å². The van der Waals surface area contributed by atoms with E-state index in [1.165, 1.54) is 0 Å². The van der Waals surface area contributed by atoms with Crippen molar-refractivity contribution in [2.45, 2.75) is 13.5 Å². The molecule has 0 aromatic heterocycles. The summed E-state index contributed by atoms with van der Waals surface area (Å²) in [5.41, 5.74) is 2.46. The van der Waals surface area contributed by atoms with Crippen LogP contribution in [0.1, 0.15) is 12.5 Å². The molecule has 0 aliphatic heterocycles.